The predicted octanol–water partition coefficient (Wildman–Crippen LogP) is 2.44. The Morgan fingerprint density at radius 1 is 1.38 bits per heavy atom. The third-order valence-corrected chi connectivity index (χ3v) is 2.34. The van der Waals surface area contributed by atoms with Crippen molar-refractivity contribution in [2.75, 3.05) is 12.5 Å². The molecule has 0 aliphatic carbocycles. The number of rotatable bonds is 3. The lowest BCUT2D eigenvalue weighted by Crippen LogP contribution is -2.11. The molecule has 1 rings (SSSR count). The van der Waals surface area contributed by atoms with Crippen molar-refractivity contribution in [3.63, 3.8) is 0 Å². The molecule has 0 bridgehead atoms. The summed E-state index contributed by atoms with van der Waals surface area (Å²) in [5, 5.41) is 3.51. The number of benzene rings is 1. The normalized spacial score (nSPS) is 11.1. The van der Waals surface area contributed by atoms with E-state index >= 15 is 0 Å². The van der Waals surface area contributed by atoms with E-state index < -0.39 is 5.97 Å². The number of carbonyl (C=O) groups excluding carboxylic acids is 1. The van der Waals surface area contributed by atoms with Crippen molar-refractivity contribution in [1.82, 2.24) is 0 Å². The first-order chi connectivity index (χ1) is 7.56. The molecule has 16 heavy (non-hydrogen) atoms. The van der Waals surface area contributed by atoms with Gasteiger partial charge in [-0.05, 0) is 25.0 Å². The van der Waals surface area contributed by atoms with Crippen LogP contribution in [0.1, 0.15) is 11.1 Å². The molecule has 0 radical (unpaired) electrons. The van der Waals surface area contributed by atoms with Crippen LogP contribution in [0.25, 0.3) is 0 Å². The van der Waals surface area contributed by atoms with E-state index in [1.165, 1.54) is 7.11 Å². The van der Waals surface area contributed by atoms with E-state index in [9.17, 15) is 4.79 Å². The van der Waals surface area contributed by atoms with Crippen LogP contribution in [0.4, 0.5) is 5.69 Å². The van der Waals surface area contributed by atoms with Gasteiger partial charge in [-0.25, -0.2) is 4.79 Å². The van der Waals surface area contributed by atoms with Crippen molar-refractivity contribution in [1.29, 1.82) is 0 Å². The molecular weight excluding hydrogens is 228 g/mol. The number of para-hydroxylation sites is 1. The van der Waals surface area contributed by atoms with E-state index in [2.05, 4.69) is 15.3 Å². The van der Waals surface area contributed by atoms with Gasteiger partial charge in [0.1, 0.15) is 0 Å². The molecule has 0 saturated heterocycles. The maximum atomic E-state index is 11.0. The molecule has 0 unspecified atom stereocenters. The molecule has 1 aromatic rings. The summed E-state index contributed by atoms with van der Waals surface area (Å²) in [6.45, 7) is 3.88. The first-order valence-electron chi connectivity index (χ1n) is 4.70. The smallest absolute Gasteiger partial charge is 0.370 e. The van der Waals surface area contributed by atoms with Gasteiger partial charge in [-0.1, -0.05) is 29.8 Å². The lowest BCUT2D eigenvalue weighted by molar-refractivity contribution is -0.132. The van der Waals surface area contributed by atoms with E-state index in [1.807, 2.05) is 32.0 Å². The van der Waals surface area contributed by atoms with E-state index in [4.69, 9.17) is 11.6 Å². The fraction of sp³-hybridized carbons (Fsp3) is 0.273. The highest BCUT2D eigenvalue weighted by atomic mass is 35.5. The standard InChI is InChI=1S/C11H13ClN2O2/c1-7-5-4-6-8(2)9(7)13-14-10(12)11(15)16-3/h4-6,13H,1-3H3/b14-10-. The summed E-state index contributed by atoms with van der Waals surface area (Å²) >= 11 is 5.60. The number of aryl methyl sites for hydroxylation is 2. The van der Waals surface area contributed by atoms with Gasteiger partial charge >= 0.3 is 5.97 Å². The van der Waals surface area contributed by atoms with E-state index in [0.29, 0.717) is 0 Å². The van der Waals surface area contributed by atoms with Gasteiger partial charge in [-0.2, -0.15) is 5.10 Å². The molecule has 0 aliphatic rings. The maximum Gasteiger partial charge on any atom is 0.370 e. The van der Waals surface area contributed by atoms with Crippen LogP contribution in [0.5, 0.6) is 0 Å². The van der Waals surface area contributed by atoms with Crippen LogP contribution in [0.3, 0.4) is 0 Å². The highest BCUT2D eigenvalue weighted by Gasteiger charge is 2.08. The van der Waals surface area contributed by atoms with Crippen LogP contribution in [-0.4, -0.2) is 18.2 Å². The fourth-order valence-electron chi connectivity index (χ4n) is 1.23. The molecule has 0 amide bonds. The van der Waals surface area contributed by atoms with Gasteiger partial charge in [0.15, 0.2) is 0 Å². The van der Waals surface area contributed by atoms with Crippen LogP contribution in [0.2, 0.25) is 0 Å². The number of anilines is 1. The number of hydrazone groups is 1. The van der Waals surface area contributed by atoms with Crippen LogP contribution in [0, 0.1) is 13.8 Å². The van der Waals surface area contributed by atoms with Crippen LogP contribution in [0.15, 0.2) is 23.3 Å². The summed E-state index contributed by atoms with van der Waals surface area (Å²) in [5.74, 6) is -0.666. The fourth-order valence-corrected chi connectivity index (χ4v) is 1.35. The lowest BCUT2D eigenvalue weighted by atomic mass is 10.1. The van der Waals surface area contributed by atoms with Crippen molar-refractivity contribution < 1.29 is 9.53 Å². The zero-order valence-electron chi connectivity index (χ0n) is 9.37. The molecule has 0 fully saturated rings. The van der Waals surface area contributed by atoms with E-state index in [-0.39, 0.29) is 5.17 Å². The summed E-state index contributed by atoms with van der Waals surface area (Å²) in [4.78, 5) is 11.0. The summed E-state index contributed by atoms with van der Waals surface area (Å²) in [7, 11) is 1.25. The number of carbonyl (C=O) groups is 1. The largest absolute Gasteiger partial charge is 0.464 e. The topological polar surface area (TPSA) is 50.7 Å². The predicted molar refractivity (Wildman–Crippen MR) is 64.8 cm³/mol. The first kappa shape index (κ1) is 12.5. The van der Waals surface area contributed by atoms with Gasteiger partial charge in [0.25, 0.3) is 0 Å². The Balaban J connectivity index is 2.86. The number of nitrogens with zero attached hydrogens (tertiary/aromatic N) is 1. The average molecular weight is 241 g/mol. The number of halogens is 1. The Labute approximate surface area is 99.2 Å². The quantitative estimate of drug-likeness (QED) is 0.502. The zero-order valence-corrected chi connectivity index (χ0v) is 10.1. The Hall–Kier alpha value is -1.55. The Kier molecular flexibility index (Phi) is 4.31. The molecule has 0 aromatic heterocycles. The summed E-state index contributed by atoms with van der Waals surface area (Å²) in [6.07, 6.45) is 0. The van der Waals surface area contributed by atoms with Gasteiger partial charge in [-0.15, -0.1) is 0 Å². The van der Waals surface area contributed by atoms with Crippen LogP contribution >= 0.6 is 11.6 Å². The minimum atomic E-state index is -0.666. The first-order valence-corrected chi connectivity index (χ1v) is 5.07. The van der Waals surface area contributed by atoms with Crippen molar-refractivity contribution in [2.24, 2.45) is 5.10 Å². The highest BCUT2D eigenvalue weighted by molar-refractivity contribution is 6.82. The summed E-state index contributed by atoms with van der Waals surface area (Å²) in [6, 6.07) is 5.83. The number of esters is 1. The molecule has 1 N–H and O–H groups in total. The Morgan fingerprint density at radius 3 is 2.44 bits per heavy atom. The van der Waals surface area contributed by atoms with Gasteiger partial charge in [-0.3, -0.25) is 5.43 Å². The summed E-state index contributed by atoms with van der Waals surface area (Å²) < 4.78 is 4.42. The van der Waals surface area contributed by atoms with Crippen molar-refractivity contribution >= 4 is 28.4 Å². The average Bonchev–Trinajstić information content (AvgIpc) is 2.27. The van der Waals surface area contributed by atoms with Crippen LogP contribution in [-0.2, 0) is 9.53 Å². The molecule has 0 heterocycles. The minimum Gasteiger partial charge on any atom is -0.464 e. The zero-order chi connectivity index (χ0) is 12.1. The monoisotopic (exact) mass is 240 g/mol. The third-order valence-electron chi connectivity index (χ3n) is 2.10. The van der Waals surface area contributed by atoms with Crippen molar-refractivity contribution in [2.45, 2.75) is 13.8 Å². The van der Waals surface area contributed by atoms with Crippen molar-refractivity contribution in [3.8, 4) is 0 Å². The lowest BCUT2D eigenvalue weighted by Gasteiger charge is -2.08. The van der Waals surface area contributed by atoms with Gasteiger partial charge in [0.05, 0.1) is 12.8 Å². The number of ether oxygens (including phenoxy) is 1. The molecule has 0 saturated carbocycles. The maximum absolute atomic E-state index is 11.0. The molecule has 5 heteroatoms. The number of nitrogens with one attached hydrogen (secondary N) is 1. The van der Waals surface area contributed by atoms with E-state index in [1.54, 1.807) is 0 Å². The molecule has 0 spiro atoms. The highest BCUT2D eigenvalue weighted by Crippen LogP contribution is 2.19. The van der Waals surface area contributed by atoms with Gasteiger partial charge in [0, 0.05) is 0 Å². The Morgan fingerprint density at radius 2 is 1.94 bits per heavy atom. The molecule has 0 atom stereocenters. The summed E-state index contributed by atoms with van der Waals surface area (Å²) in [5.41, 5.74) is 5.64. The SMILES string of the molecule is COC(=O)/C(Cl)=N/Nc1c(C)cccc1C. The minimum absolute atomic E-state index is 0.231. The van der Waals surface area contributed by atoms with E-state index in [0.717, 1.165) is 16.8 Å². The molecular formula is C11H13ClN2O2. The third kappa shape index (κ3) is 2.97. The van der Waals surface area contributed by atoms with Gasteiger partial charge < -0.3 is 4.74 Å². The number of hydrogen-bond acceptors (Lipinski definition) is 4. The second kappa shape index (κ2) is 5.51. The van der Waals surface area contributed by atoms with Crippen molar-refractivity contribution in [3.05, 3.63) is 29.3 Å². The number of methoxy groups -OCH3 is 1. The second-order valence-corrected chi connectivity index (χ2v) is 3.63. The molecule has 1 aromatic carbocycles. The van der Waals surface area contributed by atoms with Crippen LogP contribution < -0.4 is 5.43 Å². The molecule has 86 valence electrons. The Bertz CT molecular complexity index is 410. The molecule has 4 nitrogen and oxygen atoms in total. The second-order valence-electron chi connectivity index (χ2n) is 3.27. The van der Waals surface area contributed by atoms with Gasteiger partial charge in [0.2, 0.25) is 5.17 Å². The number of hydrogen-bond donors (Lipinski definition) is 1. The molecule has 0 aliphatic heterocycles.